The van der Waals surface area contributed by atoms with Gasteiger partial charge in [-0.05, 0) is 67.1 Å². The summed E-state index contributed by atoms with van der Waals surface area (Å²) in [5.74, 6) is 0.658. The second-order valence-electron chi connectivity index (χ2n) is 11.6. The molecule has 2 aromatic carbocycles. The van der Waals surface area contributed by atoms with Gasteiger partial charge in [0.25, 0.3) is 11.7 Å². The number of benzene rings is 2. The van der Waals surface area contributed by atoms with Gasteiger partial charge in [-0.15, -0.1) is 0 Å². The number of aryl methyl sites for hydroxylation is 1. The molecule has 4 rings (SSSR count). The first-order valence-electron chi connectivity index (χ1n) is 15.4. The summed E-state index contributed by atoms with van der Waals surface area (Å²) in [5.41, 5.74) is 2.02. The van der Waals surface area contributed by atoms with Gasteiger partial charge < -0.3 is 29.0 Å². The van der Waals surface area contributed by atoms with E-state index in [0.29, 0.717) is 73.7 Å². The van der Waals surface area contributed by atoms with Crippen LogP contribution in [0, 0.1) is 12.8 Å². The maximum Gasteiger partial charge on any atom is 0.295 e. The van der Waals surface area contributed by atoms with Crippen molar-refractivity contribution in [2.24, 2.45) is 5.92 Å². The van der Waals surface area contributed by atoms with E-state index in [-0.39, 0.29) is 11.3 Å². The maximum absolute atomic E-state index is 13.6. The van der Waals surface area contributed by atoms with Crippen molar-refractivity contribution in [1.82, 2.24) is 9.80 Å². The van der Waals surface area contributed by atoms with Gasteiger partial charge in [-0.1, -0.05) is 33.3 Å². The van der Waals surface area contributed by atoms with Crippen molar-refractivity contribution in [3.05, 3.63) is 58.7 Å². The molecular weight excluding hydrogens is 548 g/mol. The smallest absolute Gasteiger partial charge is 0.295 e. The highest BCUT2D eigenvalue weighted by Crippen LogP contribution is 2.42. The Morgan fingerprint density at radius 1 is 1.00 bits per heavy atom. The normalized spacial score (nSPS) is 18.8. The van der Waals surface area contributed by atoms with Crippen LogP contribution in [0.1, 0.15) is 62.8 Å². The first-order valence-corrected chi connectivity index (χ1v) is 15.4. The molecule has 1 atom stereocenters. The van der Waals surface area contributed by atoms with Crippen LogP contribution in [-0.4, -0.2) is 86.3 Å². The highest BCUT2D eigenvalue weighted by molar-refractivity contribution is 6.46. The molecule has 2 fully saturated rings. The van der Waals surface area contributed by atoms with Gasteiger partial charge in [-0.2, -0.15) is 0 Å². The molecule has 0 spiro atoms. The molecule has 0 radical (unpaired) electrons. The van der Waals surface area contributed by atoms with Crippen LogP contribution in [0.15, 0.2) is 42.0 Å². The lowest BCUT2D eigenvalue weighted by Crippen LogP contribution is -2.39. The van der Waals surface area contributed by atoms with E-state index in [4.69, 9.17) is 18.9 Å². The number of rotatable bonds is 14. The summed E-state index contributed by atoms with van der Waals surface area (Å²) in [6.07, 6.45) is 2.60. The van der Waals surface area contributed by atoms with Crippen LogP contribution in [-0.2, 0) is 14.3 Å². The second kappa shape index (κ2) is 15.3. The third-order valence-electron chi connectivity index (χ3n) is 7.80. The molecule has 43 heavy (non-hydrogen) atoms. The van der Waals surface area contributed by atoms with Gasteiger partial charge >= 0.3 is 0 Å². The van der Waals surface area contributed by atoms with Gasteiger partial charge in [0.1, 0.15) is 11.5 Å². The molecule has 0 saturated carbocycles. The minimum Gasteiger partial charge on any atom is -0.507 e. The van der Waals surface area contributed by atoms with Crippen LogP contribution in [0.2, 0.25) is 0 Å². The lowest BCUT2D eigenvalue weighted by Gasteiger charge is -2.29. The number of aliphatic hydroxyl groups excluding tert-OH is 1. The van der Waals surface area contributed by atoms with Gasteiger partial charge in [-0.25, -0.2) is 0 Å². The van der Waals surface area contributed by atoms with E-state index in [1.807, 2.05) is 19.1 Å². The van der Waals surface area contributed by atoms with Crippen LogP contribution in [0.5, 0.6) is 17.2 Å². The summed E-state index contributed by atoms with van der Waals surface area (Å²) in [5, 5.41) is 11.6. The highest BCUT2D eigenvalue weighted by atomic mass is 16.5. The molecule has 0 bridgehead atoms. The van der Waals surface area contributed by atoms with Crippen molar-refractivity contribution in [2.75, 3.05) is 59.7 Å². The number of ether oxygens (including phenoxy) is 4. The monoisotopic (exact) mass is 594 g/mol. The zero-order valence-electron chi connectivity index (χ0n) is 26.2. The first kappa shape index (κ1) is 32.4. The molecular formula is C34H46N2O7. The number of carbonyl (C=O) groups excluding carboxylic acids is 2. The molecule has 2 aromatic rings. The molecule has 2 aliphatic heterocycles. The average molecular weight is 595 g/mol. The minimum atomic E-state index is -0.777. The fourth-order valence-corrected chi connectivity index (χ4v) is 5.42. The SMILES string of the molecule is CCCCOc1ccc(C2/C(=C(\O)c3ccc(OCC(C)C)c(C)c3)C(=O)C(=O)N2CCCN2CCOCC2)cc1OC. The highest BCUT2D eigenvalue weighted by Gasteiger charge is 2.46. The number of methoxy groups -OCH3 is 1. The Kier molecular flexibility index (Phi) is 11.5. The van der Waals surface area contributed by atoms with Crippen molar-refractivity contribution in [2.45, 2.75) is 53.0 Å². The van der Waals surface area contributed by atoms with Crippen LogP contribution < -0.4 is 14.2 Å². The Labute approximate surface area is 255 Å². The number of nitrogens with zero attached hydrogens (tertiary/aromatic N) is 2. The number of Topliss-reactive ketones (excluding diaryl/α,β-unsaturated/α-hetero) is 1. The van der Waals surface area contributed by atoms with E-state index in [1.165, 1.54) is 0 Å². The quantitative estimate of drug-likeness (QED) is 0.135. The average Bonchev–Trinajstić information content (AvgIpc) is 3.25. The molecule has 2 aliphatic rings. The first-order chi connectivity index (χ1) is 20.7. The third kappa shape index (κ3) is 7.89. The van der Waals surface area contributed by atoms with Crippen molar-refractivity contribution >= 4 is 17.4 Å². The number of aliphatic hydroxyl groups is 1. The Morgan fingerprint density at radius 3 is 2.42 bits per heavy atom. The van der Waals surface area contributed by atoms with E-state index in [2.05, 4.69) is 25.7 Å². The summed E-state index contributed by atoms with van der Waals surface area (Å²) < 4.78 is 22.9. The predicted octanol–water partition coefficient (Wildman–Crippen LogP) is 5.36. The number of ketones is 1. The van der Waals surface area contributed by atoms with E-state index in [9.17, 15) is 14.7 Å². The van der Waals surface area contributed by atoms with Crippen LogP contribution in [0.4, 0.5) is 0 Å². The molecule has 1 N–H and O–H groups in total. The minimum absolute atomic E-state index is 0.0633. The zero-order chi connectivity index (χ0) is 30.9. The summed E-state index contributed by atoms with van der Waals surface area (Å²) in [6.45, 7) is 13.5. The largest absolute Gasteiger partial charge is 0.507 e. The van der Waals surface area contributed by atoms with Crippen molar-refractivity contribution < 1.29 is 33.6 Å². The van der Waals surface area contributed by atoms with Crippen LogP contribution in [0.3, 0.4) is 0 Å². The molecule has 0 aliphatic carbocycles. The van der Waals surface area contributed by atoms with Crippen molar-refractivity contribution in [1.29, 1.82) is 0 Å². The molecule has 9 heteroatoms. The lowest BCUT2D eigenvalue weighted by atomic mass is 9.94. The third-order valence-corrected chi connectivity index (χ3v) is 7.80. The lowest BCUT2D eigenvalue weighted by molar-refractivity contribution is -0.140. The maximum atomic E-state index is 13.6. The van der Waals surface area contributed by atoms with Gasteiger partial charge in [0.05, 0.1) is 45.2 Å². The van der Waals surface area contributed by atoms with Crippen molar-refractivity contribution in [3.8, 4) is 17.2 Å². The molecule has 234 valence electrons. The van der Waals surface area contributed by atoms with Crippen LogP contribution >= 0.6 is 0 Å². The standard InChI is InChI=1S/C34H46N2O7/c1-6-7-17-42-28-12-9-25(21-29(28)40-5)31-30(32(37)26-10-11-27(24(4)20-26)43-22-23(2)3)33(38)34(39)36(31)14-8-13-35-15-18-41-19-16-35/h9-12,20-21,23,31,37H,6-8,13-19,22H2,1-5H3/b32-30+. The second-order valence-corrected chi connectivity index (χ2v) is 11.6. The predicted molar refractivity (Wildman–Crippen MR) is 166 cm³/mol. The van der Waals surface area contributed by atoms with Crippen molar-refractivity contribution in [3.63, 3.8) is 0 Å². The number of morpholine rings is 1. The van der Waals surface area contributed by atoms with E-state index in [1.54, 1.807) is 36.3 Å². The van der Waals surface area contributed by atoms with E-state index < -0.39 is 17.7 Å². The molecule has 9 nitrogen and oxygen atoms in total. The molecule has 0 aromatic heterocycles. The van der Waals surface area contributed by atoms with Gasteiger partial charge in [0, 0.05) is 31.7 Å². The number of likely N-dealkylation sites (tertiary alicyclic amines) is 1. The summed E-state index contributed by atoms with van der Waals surface area (Å²) >= 11 is 0. The molecule has 1 unspecified atom stereocenters. The Bertz CT molecular complexity index is 1300. The Morgan fingerprint density at radius 2 is 1.74 bits per heavy atom. The summed E-state index contributed by atoms with van der Waals surface area (Å²) in [4.78, 5) is 31.0. The van der Waals surface area contributed by atoms with E-state index >= 15 is 0 Å². The number of carbonyl (C=O) groups is 2. The summed E-state index contributed by atoms with van der Waals surface area (Å²) in [6, 6.07) is 9.99. The fourth-order valence-electron chi connectivity index (χ4n) is 5.42. The van der Waals surface area contributed by atoms with Gasteiger partial charge in [-0.3, -0.25) is 14.5 Å². The summed E-state index contributed by atoms with van der Waals surface area (Å²) in [7, 11) is 1.57. The molecule has 1 amide bonds. The van der Waals surface area contributed by atoms with Gasteiger partial charge in [0.15, 0.2) is 11.5 Å². The fraction of sp³-hybridized carbons (Fsp3) is 0.529. The number of amides is 1. The number of unbranched alkanes of at least 4 members (excludes halogenated alkanes) is 1. The van der Waals surface area contributed by atoms with Crippen LogP contribution in [0.25, 0.3) is 5.76 Å². The molecule has 2 heterocycles. The number of hydrogen-bond acceptors (Lipinski definition) is 8. The molecule has 2 saturated heterocycles. The Balaban J connectivity index is 1.70. The van der Waals surface area contributed by atoms with Gasteiger partial charge in [0.2, 0.25) is 0 Å². The zero-order valence-corrected chi connectivity index (χ0v) is 26.2. The number of hydrogen-bond donors (Lipinski definition) is 1. The Hall–Kier alpha value is -3.56. The van der Waals surface area contributed by atoms with E-state index in [0.717, 1.165) is 38.0 Å². The topological polar surface area (TPSA) is 97.8 Å².